The van der Waals surface area contributed by atoms with Crippen LogP contribution in [0, 0.1) is 5.92 Å². The molecule has 2 atom stereocenters. The molecule has 3 heterocycles. The van der Waals surface area contributed by atoms with E-state index < -0.39 is 0 Å². The smallest absolute Gasteiger partial charge is 0.238 e. The zero-order chi connectivity index (χ0) is 20.9. The fourth-order valence-electron chi connectivity index (χ4n) is 4.77. The Labute approximate surface area is 179 Å². The van der Waals surface area contributed by atoms with Gasteiger partial charge in [-0.05, 0) is 57.8 Å². The van der Waals surface area contributed by atoms with Gasteiger partial charge in [0.1, 0.15) is 0 Å². The van der Waals surface area contributed by atoms with Crippen LogP contribution in [0.2, 0.25) is 0 Å². The van der Waals surface area contributed by atoms with Crippen LogP contribution in [-0.2, 0) is 9.53 Å². The van der Waals surface area contributed by atoms with Crippen LogP contribution < -0.4 is 14.8 Å². The summed E-state index contributed by atoms with van der Waals surface area (Å²) in [6.45, 7) is 11.2. The summed E-state index contributed by atoms with van der Waals surface area (Å²) in [5, 5.41) is 3.01. The number of hydrogen-bond donors (Lipinski definition) is 1. The molecule has 2 unspecified atom stereocenters. The Kier molecular flexibility index (Phi) is 7.12. The van der Waals surface area contributed by atoms with Crippen LogP contribution in [0.1, 0.15) is 33.1 Å². The van der Waals surface area contributed by atoms with E-state index in [-0.39, 0.29) is 5.91 Å². The average Bonchev–Trinajstić information content (AvgIpc) is 2.94. The highest BCUT2D eigenvalue weighted by molar-refractivity contribution is 5.92. The third-order valence-electron chi connectivity index (χ3n) is 6.12. The van der Waals surface area contributed by atoms with Gasteiger partial charge in [0.15, 0.2) is 11.5 Å². The number of carbonyl (C=O) groups is 1. The van der Waals surface area contributed by atoms with Crippen molar-refractivity contribution >= 4 is 11.6 Å². The summed E-state index contributed by atoms with van der Waals surface area (Å²) in [5.74, 6) is 2.19. The number of benzene rings is 1. The Morgan fingerprint density at radius 2 is 1.73 bits per heavy atom. The average molecular weight is 418 g/mol. The quantitative estimate of drug-likeness (QED) is 0.795. The molecule has 7 heteroatoms. The first-order valence-corrected chi connectivity index (χ1v) is 11.3. The first-order valence-electron chi connectivity index (χ1n) is 11.3. The number of piperidine rings is 1. The highest BCUT2D eigenvalue weighted by Crippen LogP contribution is 2.32. The fraction of sp³-hybridized carbons (Fsp3) is 0.696. The maximum atomic E-state index is 12.5. The van der Waals surface area contributed by atoms with Crippen molar-refractivity contribution in [3.05, 3.63) is 18.2 Å². The number of likely N-dealkylation sites (tertiary alicyclic amines) is 1. The second kappa shape index (κ2) is 9.98. The minimum Gasteiger partial charge on any atom is -0.490 e. The van der Waals surface area contributed by atoms with Crippen molar-refractivity contribution in [1.82, 2.24) is 9.80 Å². The molecule has 2 saturated heterocycles. The van der Waals surface area contributed by atoms with E-state index >= 15 is 0 Å². The summed E-state index contributed by atoms with van der Waals surface area (Å²) >= 11 is 0. The third kappa shape index (κ3) is 5.86. The molecule has 30 heavy (non-hydrogen) atoms. The van der Waals surface area contributed by atoms with Gasteiger partial charge < -0.3 is 19.5 Å². The number of carbonyl (C=O) groups excluding carboxylic acids is 1. The van der Waals surface area contributed by atoms with Gasteiger partial charge in [0.2, 0.25) is 5.91 Å². The monoisotopic (exact) mass is 417 g/mol. The van der Waals surface area contributed by atoms with Crippen molar-refractivity contribution in [2.45, 2.75) is 45.3 Å². The maximum absolute atomic E-state index is 12.5. The van der Waals surface area contributed by atoms with Gasteiger partial charge in [-0.3, -0.25) is 14.6 Å². The molecule has 1 amide bonds. The maximum Gasteiger partial charge on any atom is 0.238 e. The number of nitrogens with one attached hydrogen (secondary N) is 1. The van der Waals surface area contributed by atoms with E-state index in [0.29, 0.717) is 43.6 Å². The van der Waals surface area contributed by atoms with Crippen LogP contribution in [0.4, 0.5) is 5.69 Å². The van der Waals surface area contributed by atoms with E-state index in [2.05, 4.69) is 29.0 Å². The highest BCUT2D eigenvalue weighted by atomic mass is 16.5. The van der Waals surface area contributed by atoms with E-state index in [1.54, 1.807) is 0 Å². The molecule has 0 bridgehead atoms. The molecule has 4 rings (SSSR count). The Hall–Kier alpha value is -1.83. The van der Waals surface area contributed by atoms with Gasteiger partial charge in [0, 0.05) is 37.8 Å². The fourth-order valence-corrected chi connectivity index (χ4v) is 4.77. The summed E-state index contributed by atoms with van der Waals surface area (Å²) in [6.07, 6.45) is 3.81. The molecule has 3 aliphatic heterocycles. The second-order valence-electron chi connectivity index (χ2n) is 8.96. The van der Waals surface area contributed by atoms with Crippen LogP contribution in [0.25, 0.3) is 0 Å². The molecular weight excluding hydrogens is 382 g/mol. The minimum absolute atomic E-state index is 0.0266. The van der Waals surface area contributed by atoms with Gasteiger partial charge in [0.05, 0.1) is 32.0 Å². The molecule has 3 aliphatic rings. The van der Waals surface area contributed by atoms with Gasteiger partial charge in [-0.15, -0.1) is 0 Å². The topological polar surface area (TPSA) is 63.3 Å². The van der Waals surface area contributed by atoms with Crippen LogP contribution in [0.3, 0.4) is 0 Å². The molecule has 2 fully saturated rings. The van der Waals surface area contributed by atoms with Gasteiger partial charge >= 0.3 is 0 Å². The SMILES string of the molecule is CC1CN(CC2CCN(CC(=O)Nc3ccc4c(c3)OCCCO4)CC2)CC(C)O1. The minimum atomic E-state index is 0.0266. The summed E-state index contributed by atoms with van der Waals surface area (Å²) in [7, 11) is 0. The van der Waals surface area contributed by atoms with Crippen molar-refractivity contribution < 1.29 is 19.0 Å². The lowest BCUT2D eigenvalue weighted by Crippen LogP contribution is -2.48. The number of fused-ring (bicyclic) bond motifs is 1. The number of amides is 1. The van der Waals surface area contributed by atoms with Crippen molar-refractivity contribution in [2.75, 3.05) is 57.8 Å². The molecular formula is C23H35N3O4. The molecule has 0 radical (unpaired) electrons. The van der Waals surface area contributed by atoms with Crippen molar-refractivity contribution in [1.29, 1.82) is 0 Å². The molecule has 0 aliphatic carbocycles. The molecule has 166 valence electrons. The first kappa shape index (κ1) is 21.4. The molecule has 1 N–H and O–H groups in total. The second-order valence-corrected chi connectivity index (χ2v) is 8.96. The lowest BCUT2D eigenvalue weighted by Gasteiger charge is -2.39. The van der Waals surface area contributed by atoms with Crippen LogP contribution in [-0.4, -0.2) is 80.4 Å². The first-order chi connectivity index (χ1) is 14.5. The van der Waals surface area contributed by atoms with Crippen LogP contribution in [0.15, 0.2) is 18.2 Å². The standard InChI is InChI=1S/C23H35N3O4/c1-17-13-26(14-18(2)30-17)15-19-6-8-25(9-7-19)16-23(27)24-20-4-5-21-22(12-20)29-11-3-10-28-21/h4-5,12,17-19H,3,6-11,13-16H2,1-2H3,(H,24,27). The van der Waals surface area contributed by atoms with Crippen molar-refractivity contribution in [3.8, 4) is 11.5 Å². The molecule has 1 aromatic carbocycles. The van der Waals surface area contributed by atoms with Crippen LogP contribution >= 0.6 is 0 Å². The lowest BCUT2D eigenvalue weighted by atomic mass is 9.95. The lowest BCUT2D eigenvalue weighted by molar-refractivity contribution is -0.117. The number of rotatable bonds is 5. The van der Waals surface area contributed by atoms with E-state index in [9.17, 15) is 4.79 Å². The zero-order valence-electron chi connectivity index (χ0n) is 18.3. The van der Waals surface area contributed by atoms with Crippen LogP contribution in [0.5, 0.6) is 11.5 Å². The zero-order valence-corrected chi connectivity index (χ0v) is 18.3. The van der Waals surface area contributed by atoms with Gasteiger partial charge in [0.25, 0.3) is 0 Å². The Morgan fingerprint density at radius 3 is 2.47 bits per heavy atom. The summed E-state index contributed by atoms with van der Waals surface area (Å²) in [4.78, 5) is 17.4. The van der Waals surface area contributed by atoms with Gasteiger partial charge in [-0.1, -0.05) is 0 Å². The van der Waals surface area contributed by atoms with Crippen molar-refractivity contribution in [3.63, 3.8) is 0 Å². The number of ether oxygens (including phenoxy) is 3. The molecule has 0 aromatic heterocycles. The predicted octanol–water partition coefficient (Wildman–Crippen LogP) is 2.61. The summed E-state index contributed by atoms with van der Waals surface area (Å²) < 4.78 is 17.2. The van der Waals surface area contributed by atoms with Gasteiger partial charge in [-0.25, -0.2) is 0 Å². The molecule has 0 spiro atoms. The number of anilines is 1. The molecule has 1 aromatic rings. The Morgan fingerprint density at radius 1 is 1.03 bits per heavy atom. The largest absolute Gasteiger partial charge is 0.490 e. The Bertz CT molecular complexity index is 710. The number of hydrogen-bond acceptors (Lipinski definition) is 6. The van der Waals surface area contributed by atoms with Gasteiger partial charge in [-0.2, -0.15) is 0 Å². The number of nitrogens with zero attached hydrogens (tertiary/aromatic N) is 2. The summed E-state index contributed by atoms with van der Waals surface area (Å²) in [5.41, 5.74) is 0.759. The van der Waals surface area contributed by atoms with E-state index in [4.69, 9.17) is 14.2 Å². The number of morpholine rings is 1. The Balaban J connectivity index is 1.20. The van der Waals surface area contributed by atoms with E-state index in [1.165, 1.54) is 0 Å². The predicted molar refractivity (Wildman–Crippen MR) is 116 cm³/mol. The normalized spacial score (nSPS) is 26.2. The highest BCUT2D eigenvalue weighted by Gasteiger charge is 2.27. The molecule has 0 saturated carbocycles. The van der Waals surface area contributed by atoms with Crippen molar-refractivity contribution in [2.24, 2.45) is 5.92 Å². The molecule has 7 nitrogen and oxygen atoms in total. The third-order valence-corrected chi connectivity index (χ3v) is 6.12. The van der Waals surface area contributed by atoms with E-state index in [1.807, 2.05) is 18.2 Å². The van der Waals surface area contributed by atoms with E-state index in [0.717, 1.165) is 63.4 Å². The summed E-state index contributed by atoms with van der Waals surface area (Å²) in [6, 6.07) is 5.60.